The zero-order valence-electron chi connectivity index (χ0n) is 11.8. The van der Waals surface area contributed by atoms with Crippen LogP contribution in [0.3, 0.4) is 0 Å². The molecule has 0 fully saturated rings. The van der Waals surface area contributed by atoms with Crippen molar-refractivity contribution in [2.45, 2.75) is 20.0 Å². The summed E-state index contributed by atoms with van der Waals surface area (Å²) in [5, 5.41) is 2.11. The Labute approximate surface area is 123 Å². The molecule has 0 spiro atoms. The van der Waals surface area contributed by atoms with Crippen LogP contribution in [0.5, 0.6) is 0 Å². The molecule has 0 radical (unpaired) electrons. The molecule has 0 unspecified atom stereocenters. The Kier molecular flexibility index (Phi) is 5.32. The molecule has 0 aliphatic rings. The number of carbonyl (C=O) groups excluding carboxylic acids is 1. The fourth-order valence-electron chi connectivity index (χ4n) is 2.02. The van der Waals surface area contributed by atoms with Gasteiger partial charge in [0.05, 0.1) is 12.7 Å². The second-order valence-electron chi connectivity index (χ2n) is 4.57. The molecule has 1 aromatic carbocycles. The van der Waals surface area contributed by atoms with Crippen molar-refractivity contribution >= 4 is 17.3 Å². The first-order chi connectivity index (χ1) is 9.72. The molecule has 0 aliphatic heterocycles. The van der Waals surface area contributed by atoms with Gasteiger partial charge >= 0.3 is 5.97 Å². The van der Waals surface area contributed by atoms with E-state index in [1.54, 1.807) is 11.3 Å². The van der Waals surface area contributed by atoms with Crippen LogP contribution >= 0.6 is 11.3 Å². The van der Waals surface area contributed by atoms with Crippen molar-refractivity contribution in [1.82, 2.24) is 4.90 Å². The molecule has 0 saturated carbocycles. The predicted octanol–water partition coefficient (Wildman–Crippen LogP) is 3.56. The van der Waals surface area contributed by atoms with E-state index in [1.807, 2.05) is 24.3 Å². The summed E-state index contributed by atoms with van der Waals surface area (Å²) < 4.78 is 4.70. The first kappa shape index (κ1) is 14.8. The van der Waals surface area contributed by atoms with E-state index in [0.29, 0.717) is 5.56 Å². The Morgan fingerprint density at radius 2 is 1.95 bits per heavy atom. The maximum atomic E-state index is 11.4. The number of benzene rings is 1. The van der Waals surface area contributed by atoms with Gasteiger partial charge in [-0.3, -0.25) is 4.90 Å². The Hall–Kier alpha value is -1.65. The SMILES string of the molecule is CCN(Cc1ccc(C(=O)OC)cc1)Cc1cccs1. The van der Waals surface area contributed by atoms with Crippen molar-refractivity contribution in [2.75, 3.05) is 13.7 Å². The van der Waals surface area contributed by atoms with Crippen LogP contribution in [0.4, 0.5) is 0 Å². The van der Waals surface area contributed by atoms with E-state index in [1.165, 1.54) is 17.6 Å². The molecule has 0 bridgehead atoms. The van der Waals surface area contributed by atoms with Gasteiger partial charge in [0.1, 0.15) is 0 Å². The van der Waals surface area contributed by atoms with Crippen molar-refractivity contribution in [3.63, 3.8) is 0 Å². The highest BCUT2D eigenvalue weighted by Gasteiger charge is 2.08. The normalized spacial score (nSPS) is 10.8. The minimum atomic E-state index is -0.289. The fourth-order valence-corrected chi connectivity index (χ4v) is 2.77. The Balaban J connectivity index is 1.98. The maximum Gasteiger partial charge on any atom is 0.337 e. The molecule has 3 nitrogen and oxygen atoms in total. The lowest BCUT2D eigenvalue weighted by molar-refractivity contribution is 0.0600. The highest BCUT2D eigenvalue weighted by molar-refractivity contribution is 7.09. The van der Waals surface area contributed by atoms with E-state index in [2.05, 4.69) is 29.3 Å². The van der Waals surface area contributed by atoms with Crippen LogP contribution in [-0.4, -0.2) is 24.5 Å². The third kappa shape index (κ3) is 3.92. The maximum absolute atomic E-state index is 11.4. The van der Waals surface area contributed by atoms with E-state index in [9.17, 15) is 4.79 Å². The quantitative estimate of drug-likeness (QED) is 0.762. The van der Waals surface area contributed by atoms with Gasteiger partial charge in [0.2, 0.25) is 0 Å². The van der Waals surface area contributed by atoms with Crippen molar-refractivity contribution in [3.05, 3.63) is 57.8 Å². The smallest absolute Gasteiger partial charge is 0.337 e. The summed E-state index contributed by atoms with van der Waals surface area (Å²) in [5.41, 5.74) is 1.80. The third-order valence-electron chi connectivity index (χ3n) is 3.19. The summed E-state index contributed by atoms with van der Waals surface area (Å²) in [6.45, 7) is 5.01. The number of hydrogen-bond acceptors (Lipinski definition) is 4. The highest BCUT2D eigenvalue weighted by Crippen LogP contribution is 2.14. The number of methoxy groups -OCH3 is 1. The van der Waals surface area contributed by atoms with Crippen LogP contribution in [0.1, 0.15) is 27.7 Å². The minimum Gasteiger partial charge on any atom is -0.465 e. The number of hydrogen-bond donors (Lipinski definition) is 0. The molecule has 0 amide bonds. The lowest BCUT2D eigenvalue weighted by atomic mass is 10.1. The van der Waals surface area contributed by atoms with Crippen LogP contribution in [0.15, 0.2) is 41.8 Å². The van der Waals surface area contributed by atoms with E-state index < -0.39 is 0 Å². The number of rotatable bonds is 6. The first-order valence-electron chi connectivity index (χ1n) is 6.65. The summed E-state index contributed by atoms with van der Waals surface area (Å²) in [7, 11) is 1.40. The average Bonchev–Trinajstić information content (AvgIpc) is 2.99. The number of thiophene rings is 1. The number of nitrogens with zero attached hydrogens (tertiary/aromatic N) is 1. The van der Waals surface area contributed by atoms with Crippen molar-refractivity contribution in [1.29, 1.82) is 0 Å². The summed E-state index contributed by atoms with van der Waals surface area (Å²) in [6, 6.07) is 11.9. The molecule has 2 aromatic rings. The van der Waals surface area contributed by atoms with Crippen molar-refractivity contribution in [2.24, 2.45) is 0 Å². The van der Waals surface area contributed by atoms with Crippen LogP contribution in [0.25, 0.3) is 0 Å². The zero-order valence-corrected chi connectivity index (χ0v) is 12.7. The van der Waals surface area contributed by atoms with Gasteiger partial charge in [-0.15, -0.1) is 11.3 Å². The molecule has 4 heteroatoms. The second-order valence-corrected chi connectivity index (χ2v) is 5.60. The molecular formula is C16H19NO2S. The van der Waals surface area contributed by atoms with Gasteiger partial charge in [0.25, 0.3) is 0 Å². The Morgan fingerprint density at radius 3 is 2.50 bits per heavy atom. The monoisotopic (exact) mass is 289 g/mol. The topological polar surface area (TPSA) is 29.5 Å². The molecule has 2 rings (SSSR count). The Morgan fingerprint density at radius 1 is 1.20 bits per heavy atom. The Bertz CT molecular complexity index is 534. The van der Waals surface area contributed by atoms with Crippen LogP contribution in [-0.2, 0) is 17.8 Å². The van der Waals surface area contributed by atoms with Gasteiger partial charge in [-0.05, 0) is 35.7 Å². The van der Waals surface area contributed by atoms with Crippen molar-refractivity contribution < 1.29 is 9.53 Å². The molecular weight excluding hydrogens is 270 g/mol. The van der Waals surface area contributed by atoms with E-state index in [-0.39, 0.29) is 5.97 Å². The highest BCUT2D eigenvalue weighted by atomic mass is 32.1. The number of carbonyl (C=O) groups is 1. The molecule has 0 atom stereocenters. The van der Waals surface area contributed by atoms with Crippen LogP contribution < -0.4 is 0 Å². The van der Waals surface area contributed by atoms with Gasteiger partial charge in [-0.25, -0.2) is 4.79 Å². The van der Waals surface area contributed by atoms with Crippen LogP contribution in [0.2, 0.25) is 0 Å². The number of esters is 1. The molecule has 0 saturated heterocycles. The van der Waals surface area contributed by atoms with E-state index in [4.69, 9.17) is 4.74 Å². The summed E-state index contributed by atoms with van der Waals surface area (Å²) >= 11 is 1.78. The standard InChI is InChI=1S/C16H19NO2S/c1-3-17(12-15-5-4-10-20-15)11-13-6-8-14(9-7-13)16(18)19-2/h4-10H,3,11-12H2,1-2H3. The second kappa shape index (κ2) is 7.22. The van der Waals surface area contributed by atoms with Gasteiger partial charge in [-0.2, -0.15) is 0 Å². The largest absolute Gasteiger partial charge is 0.465 e. The zero-order chi connectivity index (χ0) is 14.4. The average molecular weight is 289 g/mol. The van der Waals surface area contributed by atoms with Crippen molar-refractivity contribution in [3.8, 4) is 0 Å². The summed E-state index contributed by atoms with van der Waals surface area (Å²) in [5.74, 6) is -0.289. The van der Waals surface area contributed by atoms with Crippen LogP contribution in [0, 0.1) is 0 Å². The minimum absolute atomic E-state index is 0.289. The van der Waals surface area contributed by atoms with Gasteiger partial charge in [-0.1, -0.05) is 25.1 Å². The first-order valence-corrected chi connectivity index (χ1v) is 7.53. The van der Waals surface area contributed by atoms with Gasteiger partial charge < -0.3 is 4.74 Å². The van der Waals surface area contributed by atoms with E-state index >= 15 is 0 Å². The molecule has 20 heavy (non-hydrogen) atoms. The van der Waals surface area contributed by atoms with Gasteiger partial charge in [0.15, 0.2) is 0 Å². The number of ether oxygens (including phenoxy) is 1. The third-order valence-corrected chi connectivity index (χ3v) is 4.05. The molecule has 0 N–H and O–H groups in total. The lowest BCUT2D eigenvalue weighted by Gasteiger charge is -2.19. The predicted molar refractivity (Wildman–Crippen MR) is 81.9 cm³/mol. The molecule has 1 aromatic heterocycles. The molecule has 1 heterocycles. The van der Waals surface area contributed by atoms with E-state index in [0.717, 1.165) is 19.6 Å². The molecule has 106 valence electrons. The molecule has 0 aliphatic carbocycles. The fraction of sp³-hybridized carbons (Fsp3) is 0.312. The summed E-state index contributed by atoms with van der Waals surface area (Å²) in [6.07, 6.45) is 0. The van der Waals surface area contributed by atoms with Gasteiger partial charge in [0, 0.05) is 18.0 Å². The lowest BCUT2D eigenvalue weighted by Crippen LogP contribution is -2.21. The summed E-state index contributed by atoms with van der Waals surface area (Å²) in [4.78, 5) is 15.1.